The van der Waals surface area contributed by atoms with E-state index >= 15 is 0 Å². The molecule has 0 heterocycles. The Bertz CT molecular complexity index is 436. The first kappa shape index (κ1) is 17.8. The summed E-state index contributed by atoms with van der Waals surface area (Å²) in [6.07, 6.45) is 10.2. The van der Waals surface area contributed by atoms with Crippen LogP contribution in [0.1, 0.15) is 39.0 Å². The Balaban J connectivity index is 0.000000236. The zero-order chi connectivity index (χ0) is 16.8. The molecule has 0 amide bonds. The number of carbonyl (C=O) groups excluding carboxylic acids is 1. The summed E-state index contributed by atoms with van der Waals surface area (Å²) in [6, 6.07) is 0. The molecule has 0 aromatic heterocycles. The van der Waals surface area contributed by atoms with E-state index in [4.69, 9.17) is 4.74 Å². The van der Waals surface area contributed by atoms with Gasteiger partial charge in [-0.25, -0.2) is 4.79 Å². The van der Waals surface area contributed by atoms with Gasteiger partial charge >= 0.3 is 5.97 Å². The first-order chi connectivity index (χ1) is 11.1. The third-order valence-electron chi connectivity index (χ3n) is 5.67. The predicted octanol–water partition coefficient (Wildman–Crippen LogP) is 4.51. The Morgan fingerprint density at radius 1 is 1.04 bits per heavy atom. The van der Waals surface area contributed by atoms with E-state index in [-0.39, 0.29) is 5.97 Å². The van der Waals surface area contributed by atoms with Crippen molar-refractivity contribution in [2.75, 3.05) is 13.2 Å². The van der Waals surface area contributed by atoms with Crippen LogP contribution in [0, 0.1) is 29.6 Å². The minimum atomic E-state index is -0.359. The first-order valence-electron chi connectivity index (χ1n) is 8.82. The number of allylic oxidation sites excluding steroid dienone is 1. The van der Waals surface area contributed by atoms with Gasteiger partial charge < -0.3 is 9.47 Å². The van der Waals surface area contributed by atoms with E-state index in [0.717, 1.165) is 48.0 Å². The van der Waals surface area contributed by atoms with E-state index in [2.05, 4.69) is 24.5 Å². The molecule has 3 aliphatic rings. The maximum Gasteiger partial charge on any atom is 0.330 e. The molecule has 4 unspecified atom stereocenters. The lowest BCUT2D eigenvalue weighted by atomic mass is 9.82. The summed E-state index contributed by atoms with van der Waals surface area (Å²) in [5.41, 5.74) is 0. The Morgan fingerprint density at radius 3 is 2.09 bits per heavy atom. The van der Waals surface area contributed by atoms with Crippen molar-refractivity contribution in [1.82, 2.24) is 0 Å². The number of hydrogen-bond donors (Lipinski definition) is 0. The highest BCUT2D eigenvalue weighted by Crippen LogP contribution is 2.60. The van der Waals surface area contributed by atoms with Gasteiger partial charge in [0.15, 0.2) is 0 Å². The normalized spacial score (nSPS) is 33.2. The van der Waals surface area contributed by atoms with Crippen molar-refractivity contribution in [3.05, 3.63) is 37.6 Å². The summed E-state index contributed by atoms with van der Waals surface area (Å²) in [6.45, 7) is 13.7. The average molecular weight is 318 g/mol. The average Bonchev–Trinajstić information content (AvgIpc) is 3.25. The van der Waals surface area contributed by atoms with Crippen molar-refractivity contribution in [3.8, 4) is 0 Å². The molecule has 0 radical (unpaired) electrons. The second-order valence-corrected chi connectivity index (χ2v) is 6.94. The third-order valence-corrected chi connectivity index (χ3v) is 5.67. The van der Waals surface area contributed by atoms with Crippen LogP contribution in [-0.4, -0.2) is 19.2 Å². The molecule has 3 saturated carbocycles. The van der Waals surface area contributed by atoms with Crippen LogP contribution in [0.2, 0.25) is 0 Å². The first-order valence-corrected chi connectivity index (χ1v) is 8.82. The predicted molar refractivity (Wildman–Crippen MR) is 92.7 cm³/mol. The lowest BCUT2D eigenvalue weighted by Crippen LogP contribution is -2.15. The van der Waals surface area contributed by atoms with Gasteiger partial charge in [0.2, 0.25) is 0 Å². The monoisotopic (exact) mass is 318 g/mol. The van der Waals surface area contributed by atoms with Crippen LogP contribution in [0.25, 0.3) is 0 Å². The largest absolute Gasteiger partial charge is 0.494 e. The molecule has 3 aliphatic carbocycles. The molecule has 0 saturated heterocycles. The lowest BCUT2D eigenvalue weighted by Gasteiger charge is -2.23. The third kappa shape index (κ3) is 4.49. The van der Waals surface area contributed by atoms with Crippen molar-refractivity contribution in [2.45, 2.75) is 39.0 Å². The number of rotatable bonds is 6. The molecule has 3 heteroatoms. The van der Waals surface area contributed by atoms with Crippen molar-refractivity contribution >= 4 is 5.97 Å². The Hall–Kier alpha value is -1.51. The number of carbonyl (C=O) groups is 1. The molecular formula is C20H30O3. The second-order valence-electron chi connectivity index (χ2n) is 6.94. The molecule has 2 bridgehead atoms. The van der Waals surface area contributed by atoms with Gasteiger partial charge in [-0.3, -0.25) is 0 Å². The molecule has 3 rings (SSSR count). The van der Waals surface area contributed by atoms with Crippen LogP contribution >= 0.6 is 0 Å². The van der Waals surface area contributed by atoms with Gasteiger partial charge in [0.05, 0.1) is 13.2 Å². The molecule has 0 spiro atoms. The van der Waals surface area contributed by atoms with Gasteiger partial charge in [0, 0.05) is 6.08 Å². The van der Waals surface area contributed by atoms with Gasteiger partial charge in [-0.05, 0) is 74.7 Å². The number of ether oxygens (including phenoxy) is 2. The van der Waals surface area contributed by atoms with Gasteiger partial charge in [-0.15, -0.1) is 0 Å². The fraction of sp³-hybridized carbons (Fsp3) is 0.650. The van der Waals surface area contributed by atoms with Crippen molar-refractivity contribution in [1.29, 1.82) is 0 Å². The molecule has 0 aromatic carbocycles. The summed E-state index contributed by atoms with van der Waals surface area (Å²) >= 11 is 0. The van der Waals surface area contributed by atoms with Crippen LogP contribution < -0.4 is 0 Å². The van der Waals surface area contributed by atoms with Crippen molar-refractivity contribution < 1.29 is 14.3 Å². The van der Waals surface area contributed by atoms with Crippen LogP contribution in [0.5, 0.6) is 0 Å². The number of hydrogen-bond acceptors (Lipinski definition) is 3. The highest BCUT2D eigenvalue weighted by molar-refractivity contribution is 5.81. The van der Waals surface area contributed by atoms with E-state index in [1.807, 2.05) is 0 Å². The SMILES string of the molecule is C=CC(=C)OCC1CC2C3CCC(C3)C2C1.C=CC(=O)OCC. The molecule has 0 aliphatic heterocycles. The molecule has 0 aromatic rings. The molecule has 23 heavy (non-hydrogen) atoms. The molecule has 0 N–H and O–H groups in total. The van der Waals surface area contributed by atoms with Gasteiger partial charge in [0.25, 0.3) is 0 Å². The van der Waals surface area contributed by atoms with E-state index in [1.54, 1.807) is 19.4 Å². The fourth-order valence-electron chi connectivity index (χ4n) is 4.75. The Labute approximate surface area is 140 Å². The van der Waals surface area contributed by atoms with Crippen LogP contribution in [0.4, 0.5) is 0 Å². The summed E-state index contributed by atoms with van der Waals surface area (Å²) in [7, 11) is 0. The lowest BCUT2D eigenvalue weighted by molar-refractivity contribution is -0.137. The second kappa shape index (κ2) is 8.37. The zero-order valence-electron chi connectivity index (χ0n) is 14.3. The minimum absolute atomic E-state index is 0.359. The summed E-state index contributed by atoms with van der Waals surface area (Å²) in [4.78, 5) is 10.1. The maximum absolute atomic E-state index is 10.1. The van der Waals surface area contributed by atoms with Gasteiger partial charge in [-0.1, -0.05) is 19.7 Å². The molecule has 128 valence electrons. The van der Waals surface area contributed by atoms with E-state index in [9.17, 15) is 4.79 Å². The Morgan fingerprint density at radius 2 is 1.65 bits per heavy atom. The smallest absolute Gasteiger partial charge is 0.330 e. The summed E-state index contributed by atoms with van der Waals surface area (Å²) in [5.74, 6) is 5.40. The van der Waals surface area contributed by atoms with Crippen molar-refractivity contribution in [2.24, 2.45) is 29.6 Å². The highest BCUT2D eigenvalue weighted by atomic mass is 16.5. The van der Waals surface area contributed by atoms with Gasteiger partial charge in [-0.2, -0.15) is 0 Å². The molecule has 4 atom stereocenters. The standard InChI is InChI=1S/C15H22O.C5H8O2/c1-3-10(2)16-9-11-6-14-12-4-5-13(8-12)15(14)7-11;1-3-5(6)7-4-2/h3,11-15H,1-2,4-9H2;3H,1,4H2,2H3. The molecular weight excluding hydrogens is 288 g/mol. The maximum atomic E-state index is 10.1. The van der Waals surface area contributed by atoms with E-state index < -0.39 is 0 Å². The van der Waals surface area contributed by atoms with Crippen LogP contribution in [-0.2, 0) is 14.3 Å². The topological polar surface area (TPSA) is 35.5 Å². The quantitative estimate of drug-likeness (QED) is 0.313. The molecule has 3 fully saturated rings. The van der Waals surface area contributed by atoms with Crippen molar-refractivity contribution in [3.63, 3.8) is 0 Å². The Kier molecular flexibility index (Phi) is 6.49. The molecule has 3 nitrogen and oxygen atoms in total. The van der Waals surface area contributed by atoms with E-state index in [1.165, 1.54) is 25.7 Å². The summed E-state index contributed by atoms with van der Waals surface area (Å²) in [5, 5.41) is 0. The minimum Gasteiger partial charge on any atom is -0.494 e. The highest BCUT2D eigenvalue weighted by Gasteiger charge is 2.51. The number of fused-ring (bicyclic) bond motifs is 5. The van der Waals surface area contributed by atoms with Gasteiger partial charge in [0.1, 0.15) is 5.76 Å². The zero-order valence-corrected chi connectivity index (χ0v) is 14.3. The van der Waals surface area contributed by atoms with E-state index in [0.29, 0.717) is 6.61 Å². The number of esters is 1. The van der Waals surface area contributed by atoms with Crippen LogP contribution in [0.15, 0.2) is 37.6 Å². The van der Waals surface area contributed by atoms with Crippen LogP contribution in [0.3, 0.4) is 0 Å². The fourth-order valence-corrected chi connectivity index (χ4v) is 4.75. The summed E-state index contributed by atoms with van der Waals surface area (Å²) < 4.78 is 10.1.